The van der Waals surface area contributed by atoms with Gasteiger partial charge in [-0.05, 0) is 6.92 Å². The molecule has 1 rings (SSSR count). The highest BCUT2D eigenvalue weighted by Gasteiger charge is 2.39. The van der Waals surface area contributed by atoms with Crippen LogP contribution in [0.2, 0.25) is 0 Å². The highest BCUT2D eigenvalue weighted by Crippen LogP contribution is 2.23. The molecule has 6 nitrogen and oxygen atoms in total. The minimum Gasteiger partial charge on any atom is -0.458 e. The number of amides is 1. The lowest BCUT2D eigenvalue weighted by Gasteiger charge is -2.39. The Bertz CT molecular complexity index is 294. The van der Waals surface area contributed by atoms with E-state index in [1.807, 2.05) is 0 Å². The number of esters is 1. The van der Waals surface area contributed by atoms with Gasteiger partial charge in [-0.1, -0.05) is 0 Å². The van der Waals surface area contributed by atoms with Crippen molar-refractivity contribution in [2.24, 2.45) is 0 Å². The molecule has 1 amide bonds. The fourth-order valence-electron chi connectivity index (χ4n) is 1.96. The van der Waals surface area contributed by atoms with Crippen LogP contribution in [-0.2, 0) is 23.8 Å². The van der Waals surface area contributed by atoms with Crippen LogP contribution in [0.1, 0.15) is 27.2 Å². The number of nitrogens with one attached hydrogen (secondary N) is 1. The van der Waals surface area contributed by atoms with Crippen molar-refractivity contribution in [1.82, 2.24) is 5.32 Å². The zero-order valence-electron chi connectivity index (χ0n) is 10.6. The van der Waals surface area contributed by atoms with Crippen molar-refractivity contribution < 1.29 is 23.8 Å². The molecule has 0 saturated carbocycles. The van der Waals surface area contributed by atoms with Crippen molar-refractivity contribution in [3.05, 3.63) is 0 Å². The highest BCUT2D eigenvalue weighted by atomic mass is 16.7. The van der Waals surface area contributed by atoms with Gasteiger partial charge >= 0.3 is 5.97 Å². The third-order valence-electron chi connectivity index (χ3n) is 2.63. The van der Waals surface area contributed by atoms with Crippen LogP contribution in [0.25, 0.3) is 0 Å². The molecule has 17 heavy (non-hydrogen) atoms. The summed E-state index contributed by atoms with van der Waals surface area (Å²) in [6.45, 7) is 4.54. The van der Waals surface area contributed by atoms with Gasteiger partial charge in [-0.15, -0.1) is 0 Å². The molecular weight excluding hydrogens is 226 g/mol. The van der Waals surface area contributed by atoms with Crippen LogP contribution >= 0.6 is 0 Å². The lowest BCUT2D eigenvalue weighted by atomic mass is 9.99. The molecule has 1 fully saturated rings. The lowest BCUT2D eigenvalue weighted by Crippen LogP contribution is -2.56. The van der Waals surface area contributed by atoms with Gasteiger partial charge in [-0.25, -0.2) is 0 Å². The molecule has 6 heteroatoms. The van der Waals surface area contributed by atoms with Crippen LogP contribution in [-0.4, -0.2) is 43.5 Å². The Morgan fingerprint density at radius 1 is 1.35 bits per heavy atom. The Balaban J connectivity index is 2.74. The van der Waals surface area contributed by atoms with Crippen molar-refractivity contribution in [2.45, 2.75) is 51.7 Å². The summed E-state index contributed by atoms with van der Waals surface area (Å²) in [5.41, 5.74) is 0. The third-order valence-corrected chi connectivity index (χ3v) is 2.63. The number of rotatable bonds is 3. The van der Waals surface area contributed by atoms with Crippen molar-refractivity contribution in [3.63, 3.8) is 0 Å². The predicted molar refractivity (Wildman–Crippen MR) is 59.1 cm³/mol. The van der Waals surface area contributed by atoms with E-state index in [4.69, 9.17) is 14.2 Å². The average molecular weight is 245 g/mol. The molecule has 1 saturated heterocycles. The fraction of sp³-hybridized carbons (Fsp3) is 0.818. The maximum atomic E-state index is 11.1. The topological polar surface area (TPSA) is 73.9 Å². The van der Waals surface area contributed by atoms with Gasteiger partial charge in [-0.3, -0.25) is 9.59 Å². The summed E-state index contributed by atoms with van der Waals surface area (Å²) in [4.78, 5) is 22.1. The predicted octanol–water partition coefficient (Wildman–Crippen LogP) is 0.204. The van der Waals surface area contributed by atoms with E-state index in [2.05, 4.69) is 5.32 Å². The minimum atomic E-state index is -0.484. The summed E-state index contributed by atoms with van der Waals surface area (Å²) in [6, 6.07) is -0.287. The van der Waals surface area contributed by atoms with E-state index in [0.717, 1.165) is 0 Å². The summed E-state index contributed by atoms with van der Waals surface area (Å²) >= 11 is 0. The number of hydrogen-bond donors (Lipinski definition) is 1. The Morgan fingerprint density at radius 3 is 2.47 bits per heavy atom. The molecule has 1 heterocycles. The van der Waals surface area contributed by atoms with E-state index >= 15 is 0 Å². The second-order valence-electron chi connectivity index (χ2n) is 4.12. The van der Waals surface area contributed by atoms with Crippen LogP contribution in [0, 0.1) is 0 Å². The van der Waals surface area contributed by atoms with Crippen molar-refractivity contribution in [2.75, 3.05) is 7.11 Å². The van der Waals surface area contributed by atoms with Crippen molar-refractivity contribution in [1.29, 1.82) is 0 Å². The zero-order chi connectivity index (χ0) is 13.0. The molecule has 0 radical (unpaired) electrons. The van der Waals surface area contributed by atoms with E-state index in [-0.39, 0.29) is 18.1 Å². The molecule has 0 bridgehead atoms. The molecule has 98 valence electrons. The normalized spacial score (nSPS) is 32.9. The number of carbonyl (C=O) groups is 2. The Kier molecular flexibility index (Phi) is 4.89. The summed E-state index contributed by atoms with van der Waals surface area (Å²) < 4.78 is 15.8. The molecule has 0 aromatic heterocycles. The fourth-order valence-corrected chi connectivity index (χ4v) is 1.96. The molecule has 0 aliphatic carbocycles. The maximum absolute atomic E-state index is 11.1. The Labute approximate surface area is 101 Å². The smallest absolute Gasteiger partial charge is 0.303 e. The summed E-state index contributed by atoms with van der Waals surface area (Å²) in [5, 5.41) is 2.76. The van der Waals surface area contributed by atoms with E-state index < -0.39 is 18.4 Å². The first kappa shape index (κ1) is 13.9. The Morgan fingerprint density at radius 2 is 2.00 bits per heavy atom. The highest BCUT2D eigenvalue weighted by molar-refractivity contribution is 5.73. The molecular formula is C11H19NO5. The summed E-state index contributed by atoms with van der Waals surface area (Å²) in [6.07, 6.45) is -0.746. The molecule has 0 aromatic rings. The maximum Gasteiger partial charge on any atom is 0.303 e. The summed E-state index contributed by atoms with van der Waals surface area (Å²) in [5.74, 6) is -0.562. The van der Waals surface area contributed by atoms with Crippen molar-refractivity contribution in [3.8, 4) is 0 Å². The van der Waals surface area contributed by atoms with Gasteiger partial charge in [0.2, 0.25) is 5.91 Å². The van der Waals surface area contributed by atoms with Crippen LogP contribution in [0.3, 0.4) is 0 Å². The monoisotopic (exact) mass is 245 g/mol. The first-order valence-corrected chi connectivity index (χ1v) is 5.56. The number of hydrogen-bond acceptors (Lipinski definition) is 5. The minimum absolute atomic E-state index is 0.170. The quantitative estimate of drug-likeness (QED) is 0.719. The lowest BCUT2D eigenvalue weighted by molar-refractivity contribution is -0.223. The van der Waals surface area contributed by atoms with Gasteiger partial charge in [0.1, 0.15) is 6.10 Å². The number of methoxy groups -OCH3 is 1. The molecule has 1 aliphatic heterocycles. The van der Waals surface area contributed by atoms with Gasteiger partial charge in [0.15, 0.2) is 6.29 Å². The van der Waals surface area contributed by atoms with Crippen LogP contribution in [0.4, 0.5) is 0 Å². The van der Waals surface area contributed by atoms with Crippen molar-refractivity contribution >= 4 is 11.9 Å². The second kappa shape index (κ2) is 5.97. The van der Waals surface area contributed by atoms with E-state index in [0.29, 0.717) is 6.42 Å². The van der Waals surface area contributed by atoms with Gasteiger partial charge in [-0.2, -0.15) is 0 Å². The van der Waals surface area contributed by atoms with E-state index in [9.17, 15) is 9.59 Å². The van der Waals surface area contributed by atoms with Gasteiger partial charge < -0.3 is 19.5 Å². The molecule has 0 spiro atoms. The van der Waals surface area contributed by atoms with Crippen LogP contribution in [0.15, 0.2) is 0 Å². The number of ether oxygens (including phenoxy) is 3. The summed E-state index contributed by atoms with van der Waals surface area (Å²) in [7, 11) is 1.54. The van der Waals surface area contributed by atoms with Gasteiger partial charge in [0, 0.05) is 27.4 Å². The second-order valence-corrected chi connectivity index (χ2v) is 4.12. The molecule has 0 unspecified atom stereocenters. The zero-order valence-corrected chi connectivity index (χ0v) is 10.6. The first-order chi connectivity index (χ1) is 7.93. The first-order valence-electron chi connectivity index (χ1n) is 5.56. The van der Waals surface area contributed by atoms with Crippen LogP contribution < -0.4 is 5.32 Å². The Hall–Kier alpha value is -1.14. The average Bonchev–Trinajstić information content (AvgIpc) is 2.21. The molecule has 1 aliphatic rings. The van der Waals surface area contributed by atoms with Gasteiger partial charge in [0.25, 0.3) is 0 Å². The number of carbonyl (C=O) groups excluding carboxylic acids is 2. The van der Waals surface area contributed by atoms with Gasteiger partial charge in [0.05, 0.1) is 12.1 Å². The molecule has 4 atom stereocenters. The van der Waals surface area contributed by atoms with Crippen LogP contribution in [0.5, 0.6) is 0 Å². The van der Waals surface area contributed by atoms with E-state index in [1.54, 1.807) is 6.92 Å². The van der Waals surface area contributed by atoms with E-state index in [1.165, 1.54) is 21.0 Å². The molecule has 1 N–H and O–H groups in total. The third kappa shape index (κ3) is 3.98. The largest absolute Gasteiger partial charge is 0.458 e. The standard InChI is InChI=1S/C11H19NO5/c1-6-11(17-8(3)14)9(12-7(2)13)5-10(15-4)16-6/h6,9-11H,5H2,1-4H3,(H,12,13)/t6-,9+,10+,11-/m0/s1. The molecule has 0 aromatic carbocycles. The SMILES string of the molecule is CO[C@H]1C[C@@H](NC(C)=O)[C@@H](OC(C)=O)[C@H](C)O1.